The van der Waals surface area contributed by atoms with Gasteiger partial charge in [-0.1, -0.05) is 42.5 Å². The highest BCUT2D eigenvalue weighted by Crippen LogP contribution is 2.23. The molecule has 28 heavy (non-hydrogen) atoms. The molecule has 1 aromatic heterocycles. The summed E-state index contributed by atoms with van der Waals surface area (Å²) in [5, 5.41) is 11.5. The van der Waals surface area contributed by atoms with E-state index in [1.54, 1.807) is 22.8 Å². The maximum Gasteiger partial charge on any atom is 0.269 e. The summed E-state index contributed by atoms with van der Waals surface area (Å²) >= 11 is 0. The molecule has 0 bridgehead atoms. The lowest BCUT2D eigenvalue weighted by atomic mass is 10.1. The van der Waals surface area contributed by atoms with Crippen molar-refractivity contribution in [2.24, 2.45) is 0 Å². The molecule has 0 aliphatic carbocycles. The molecule has 4 aromatic rings. The molecule has 6 nitrogen and oxygen atoms in total. The number of benzene rings is 3. The van der Waals surface area contributed by atoms with Crippen molar-refractivity contribution in [1.29, 1.82) is 0 Å². The van der Waals surface area contributed by atoms with Gasteiger partial charge in [-0.25, -0.2) is 4.98 Å². The van der Waals surface area contributed by atoms with E-state index >= 15 is 0 Å². The van der Waals surface area contributed by atoms with Crippen LogP contribution < -0.4 is 5.56 Å². The van der Waals surface area contributed by atoms with Gasteiger partial charge in [0.15, 0.2) is 0 Å². The van der Waals surface area contributed by atoms with Gasteiger partial charge in [0.2, 0.25) is 0 Å². The van der Waals surface area contributed by atoms with Gasteiger partial charge in [-0.15, -0.1) is 0 Å². The molecule has 6 heteroatoms. The quantitative estimate of drug-likeness (QED) is 0.395. The Bertz CT molecular complexity index is 1230. The number of nitro groups is 1. The van der Waals surface area contributed by atoms with Crippen LogP contribution in [0, 0.1) is 17.0 Å². The molecule has 0 spiro atoms. The molecule has 0 saturated carbocycles. The summed E-state index contributed by atoms with van der Waals surface area (Å²) in [6.45, 7) is 2.28. The van der Waals surface area contributed by atoms with E-state index in [1.165, 1.54) is 12.1 Å². The number of nitro benzene ring substituents is 1. The molecule has 0 amide bonds. The maximum absolute atomic E-state index is 13.3. The van der Waals surface area contributed by atoms with E-state index < -0.39 is 4.92 Å². The third-order valence-corrected chi connectivity index (χ3v) is 4.71. The lowest BCUT2D eigenvalue weighted by Crippen LogP contribution is -2.24. The van der Waals surface area contributed by atoms with Crippen LogP contribution in [-0.2, 0) is 6.54 Å². The third-order valence-electron chi connectivity index (χ3n) is 4.71. The minimum atomic E-state index is -0.446. The van der Waals surface area contributed by atoms with Gasteiger partial charge >= 0.3 is 0 Å². The summed E-state index contributed by atoms with van der Waals surface area (Å²) in [4.78, 5) is 28.6. The fraction of sp³-hybridized carbons (Fsp3) is 0.0909. The van der Waals surface area contributed by atoms with Crippen molar-refractivity contribution >= 4 is 16.6 Å². The van der Waals surface area contributed by atoms with Crippen LogP contribution >= 0.6 is 0 Å². The van der Waals surface area contributed by atoms with Crippen LogP contribution in [0.3, 0.4) is 0 Å². The van der Waals surface area contributed by atoms with Crippen molar-refractivity contribution in [1.82, 2.24) is 9.55 Å². The zero-order valence-corrected chi connectivity index (χ0v) is 15.2. The Morgan fingerprint density at radius 1 is 0.964 bits per heavy atom. The molecule has 0 aliphatic rings. The molecule has 4 rings (SSSR count). The number of fused-ring (bicyclic) bond motifs is 1. The highest BCUT2D eigenvalue weighted by Gasteiger charge is 2.15. The predicted octanol–water partition coefficient (Wildman–Crippen LogP) is 4.33. The second kappa shape index (κ2) is 7.08. The molecule has 0 N–H and O–H groups in total. The van der Waals surface area contributed by atoms with Crippen LogP contribution in [0.15, 0.2) is 77.6 Å². The first-order chi connectivity index (χ1) is 13.5. The van der Waals surface area contributed by atoms with E-state index in [0.29, 0.717) is 28.8 Å². The standard InChI is InChI=1S/C22H17N3O3/c1-15-6-5-9-19-20(15)23-21(17-10-12-18(13-11-17)25(27)28)24(22(19)26)14-16-7-3-2-4-8-16/h2-13H,14H2,1H3. The van der Waals surface area contributed by atoms with Gasteiger partial charge in [-0.05, 0) is 36.2 Å². The monoisotopic (exact) mass is 371 g/mol. The van der Waals surface area contributed by atoms with Crippen LogP contribution in [0.5, 0.6) is 0 Å². The van der Waals surface area contributed by atoms with E-state index in [2.05, 4.69) is 0 Å². The average molecular weight is 371 g/mol. The number of hydrogen-bond donors (Lipinski definition) is 0. The van der Waals surface area contributed by atoms with Gasteiger partial charge in [0.05, 0.1) is 22.4 Å². The van der Waals surface area contributed by atoms with E-state index in [-0.39, 0.29) is 11.2 Å². The Balaban J connectivity index is 1.96. The molecule has 0 aliphatic heterocycles. The maximum atomic E-state index is 13.3. The third kappa shape index (κ3) is 3.16. The number of rotatable bonds is 4. The van der Waals surface area contributed by atoms with E-state index in [0.717, 1.165) is 11.1 Å². The van der Waals surface area contributed by atoms with E-state index in [4.69, 9.17) is 4.98 Å². The second-order valence-electron chi connectivity index (χ2n) is 6.59. The number of nitrogens with zero attached hydrogens (tertiary/aromatic N) is 3. The van der Waals surface area contributed by atoms with Crippen molar-refractivity contribution in [2.75, 3.05) is 0 Å². The van der Waals surface area contributed by atoms with Gasteiger partial charge < -0.3 is 0 Å². The molecule has 0 unspecified atom stereocenters. The summed E-state index contributed by atoms with van der Waals surface area (Å²) in [5.74, 6) is 0.491. The zero-order chi connectivity index (χ0) is 19.7. The molecule has 138 valence electrons. The summed E-state index contributed by atoms with van der Waals surface area (Å²) in [6.07, 6.45) is 0. The van der Waals surface area contributed by atoms with Crippen molar-refractivity contribution < 1.29 is 4.92 Å². The lowest BCUT2D eigenvalue weighted by Gasteiger charge is -2.15. The minimum absolute atomic E-state index is 0.00215. The van der Waals surface area contributed by atoms with Crippen molar-refractivity contribution in [3.63, 3.8) is 0 Å². The number of non-ortho nitro benzene ring substituents is 1. The topological polar surface area (TPSA) is 78.0 Å². The Kier molecular flexibility index (Phi) is 4.45. The average Bonchev–Trinajstić information content (AvgIpc) is 2.71. The summed E-state index contributed by atoms with van der Waals surface area (Å²) < 4.78 is 1.62. The molecule has 0 saturated heterocycles. The molecular formula is C22H17N3O3. The van der Waals surface area contributed by atoms with Crippen LogP contribution in [0.25, 0.3) is 22.3 Å². The molecule has 0 atom stereocenters. The Morgan fingerprint density at radius 2 is 1.68 bits per heavy atom. The van der Waals surface area contributed by atoms with Crippen molar-refractivity contribution in [2.45, 2.75) is 13.5 Å². The molecule has 0 radical (unpaired) electrons. The van der Waals surface area contributed by atoms with Crippen LogP contribution in [0.2, 0.25) is 0 Å². The molecular weight excluding hydrogens is 354 g/mol. The minimum Gasteiger partial charge on any atom is -0.288 e. The smallest absolute Gasteiger partial charge is 0.269 e. The van der Waals surface area contributed by atoms with E-state index in [1.807, 2.05) is 49.4 Å². The van der Waals surface area contributed by atoms with Crippen LogP contribution in [-0.4, -0.2) is 14.5 Å². The highest BCUT2D eigenvalue weighted by molar-refractivity contribution is 5.82. The fourth-order valence-corrected chi connectivity index (χ4v) is 3.25. The largest absolute Gasteiger partial charge is 0.288 e. The number of para-hydroxylation sites is 1. The normalized spacial score (nSPS) is 10.9. The number of aromatic nitrogens is 2. The predicted molar refractivity (Wildman–Crippen MR) is 108 cm³/mol. The Labute approximate surface area is 160 Å². The molecule has 0 fully saturated rings. The second-order valence-corrected chi connectivity index (χ2v) is 6.59. The summed E-state index contributed by atoms with van der Waals surface area (Å²) in [6, 6.07) is 21.3. The van der Waals surface area contributed by atoms with Crippen molar-refractivity contribution in [3.05, 3.63) is 104 Å². The molecule has 3 aromatic carbocycles. The first kappa shape index (κ1) is 17.6. The summed E-state index contributed by atoms with van der Waals surface area (Å²) in [5.41, 5.74) is 3.05. The van der Waals surface area contributed by atoms with E-state index in [9.17, 15) is 14.9 Å². The zero-order valence-electron chi connectivity index (χ0n) is 15.2. The Hall–Kier alpha value is -3.80. The molecule has 1 heterocycles. The SMILES string of the molecule is Cc1cccc2c(=O)n(Cc3ccccc3)c(-c3ccc([N+](=O)[O-])cc3)nc12. The lowest BCUT2D eigenvalue weighted by molar-refractivity contribution is -0.384. The first-order valence-corrected chi connectivity index (χ1v) is 8.83. The van der Waals surface area contributed by atoms with Gasteiger partial charge in [0.1, 0.15) is 5.82 Å². The number of hydrogen-bond acceptors (Lipinski definition) is 4. The number of aryl methyl sites for hydroxylation is 1. The van der Waals surface area contributed by atoms with Crippen molar-refractivity contribution in [3.8, 4) is 11.4 Å². The highest BCUT2D eigenvalue weighted by atomic mass is 16.6. The fourth-order valence-electron chi connectivity index (χ4n) is 3.25. The Morgan fingerprint density at radius 3 is 2.36 bits per heavy atom. The van der Waals surface area contributed by atoms with Crippen LogP contribution in [0.1, 0.15) is 11.1 Å². The van der Waals surface area contributed by atoms with Crippen LogP contribution in [0.4, 0.5) is 5.69 Å². The van der Waals surface area contributed by atoms with Gasteiger partial charge in [0, 0.05) is 17.7 Å². The van der Waals surface area contributed by atoms with Gasteiger partial charge in [0.25, 0.3) is 11.2 Å². The van der Waals surface area contributed by atoms with Gasteiger partial charge in [-0.2, -0.15) is 0 Å². The van der Waals surface area contributed by atoms with Gasteiger partial charge in [-0.3, -0.25) is 19.5 Å². The first-order valence-electron chi connectivity index (χ1n) is 8.83. The summed E-state index contributed by atoms with van der Waals surface area (Å²) in [7, 11) is 0.